The first-order chi connectivity index (χ1) is 9.52. The number of anilines is 1. The average molecular weight is 298 g/mol. The highest BCUT2D eigenvalue weighted by Gasteiger charge is 2.33. The van der Waals surface area contributed by atoms with E-state index in [1.165, 1.54) is 0 Å². The first-order valence-corrected chi connectivity index (χ1v) is 7.80. The fourth-order valence-electron chi connectivity index (χ4n) is 2.50. The molecule has 5 nitrogen and oxygen atoms in total. The fourth-order valence-corrected chi connectivity index (χ4v) is 3.67. The molecular weight excluding hydrogens is 276 g/mol. The van der Waals surface area contributed by atoms with E-state index in [0.29, 0.717) is 18.9 Å². The molecule has 1 heterocycles. The number of carbonyl (C=O) groups is 1. The Balaban J connectivity index is 2.18. The number of aryl methyl sites for hydroxylation is 1. The molecule has 0 bridgehead atoms. The highest BCUT2D eigenvalue weighted by molar-refractivity contribution is 7.15. The van der Waals surface area contributed by atoms with E-state index in [0.717, 1.165) is 35.2 Å². The number of carboxylic acids is 1. The van der Waals surface area contributed by atoms with Crippen molar-refractivity contribution in [3.05, 3.63) is 10.6 Å². The molecule has 1 aliphatic carbocycles. The minimum atomic E-state index is -0.757. The van der Waals surface area contributed by atoms with Crippen LogP contribution in [0.1, 0.15) is 36.8 Å². The maximum atomic E-state index is 11.2. The molecule has 1 N–H and O–H groups in total. The molecule has 1 aliphatic rings. The summed E-state index contributed by atoms with van der Waals surface area (Å²) in [4.78, 5) is 19.2. The Kier molecular flexibility index (Phi) is 4.99. The lowest BCUT2D eigenvalue weighted by atomic mass is 10.1. The van der Waals surface area contributed by atoms with Gasteiger partial charge in [-0.2, -0.15) is 0 Å². The third-order valence-corrected chi connectivity index (χ3v) is 4.62. The monoisotopic (exact) mass is 298 g/mol. The molecule has 0 saturated carbocycles. The molecule has 1 aromatic heterocycles. The molecule has 1 aromatic rings. The number of hydrogen-bond acceptors (Lipinski definition) is 5. The zero-order valence-corrected chi connectivity index (χ0v) is 13.1. The summed E-state index contributed by atoms with van der Waals surface area (Å²) in [5.41, 5.74) is 0.781. The van der Waals surface area contributed by atoms with Crippen LogP contribution in [-0.2, 0) is 16.0 Å². The van der Waals surface area contributed by atoms with E-state index in [1.807, 2.05) is 0 Å². The molecule has 0 saturated heterocycles. The summed E-state index contributed by atoms with van der Waals surface area (Å²) >= 11 is 1.64. The number of methoxy groups -OCH3 is 1. The summed E-state index contributed by atoms with van der Waals surface area (Å²) in [5, 5.41) is 10.2. The Hall–Kier alpha value is -1.14. The van der Waals surface area contributed by atoms with Gasteiger partial charge < -0.3 is 14.7 Å². The molecule has 0 fully saturated rings. The lowest BCUT2D eigenvalue weighted by Gasteiger charge is -2.23. The third kappa shape index (κ3) is 3.30. The van der Waals surface area contributed by atoms with Crippen molar-refractivity contribution in [3.8, 4) is 0 Å². The molecule has 0 amide bonds. The van der Waals surface area contributed by atoms with Gasteiger partial charge in [0, 0.05) is 25.1 Å². The van der Waals surface area contributed by atoms with E-state index in [-0.39, 0.29) is 0 Å². The van der Waals surface area contributed by atoms with Gasteiger partial charge in [0.1, 0.15) is 5.92 Å². The quantitative estimate of drug-likeness (QED) is 0.837. The summed E-state index contributed by atoms with van der Waals surface area (Å²) in [6, 6.07) is 0. The number of nitrogens with zero attached hydrogens (tertiary/aromatic N) is 2. The predicted molar refractivity (Wildman–Crippen MR) is 79.7 cm³/mol. The van der Waals surface area contributed by atoms with Crippen molar-refractivity contribution in [3.63, 3.8) is 0 Å². The Labute approximate surface area is 123 Å². The van der Waals surface area contributed by atoms with Crippen LogP contribution in [0.25, 0.3) is 0 Å². The number of aromatic nitrogens is 1. The van der Waals surface area contributed by atoms with E-state index in [4.69, 9.17) is 4.74 Å². The second kappa shape index (κ2) is 6.54. The van der Waals surface area contributed by atoms with Gasteiger partial charge in [0.2, 0.25) is 0 Å². The van der Waals surface area contributed by atoms with Crippen LogP contribution < -0.4 is 4.90 Å². The van der Waals surface area contributed by atoms with Crippen molar-refractivity contribution in [1.29, 1.82) is 0 Å². The third-order valence-electron chi connectivity index (χ3n) is 3.43. The lowest BCUT2D eigenvalue weighted by Crippen LogP contribution is -2.31. The maximum absolute atomic E-state index is 11.2. The summed E-state index contributed by atoms with van der Waals surface area (Å²) in [7, 11) is 1.69. The molecule has 112 valence electrons. The molecular formula is C14H22N2O3S. The number of fused-ring (bicyclic) bond motifs is 1. The maximum Gasteiger partial charge on any atom is 0.312 e. The smallest absolute Gasteiger partial charge is 0.312 e. The summed E-state index contributed by atoms with van der Waals surface area (Å²) in [6.45, 7) is 6.69. The van der Waals surface area contributed by atoms with E-state index >= 15 is 0 Å². The zero-order chi connectivity index (χ0) is 14.7. The summed E-state index contributed by atoms with van der Waals surface area (Å²) < 4.78 is 5.15. The normalized spacial score (nSPS) is 17.5. The highest BCUT2D eigenvalue weighted by Crippen LogP contribution is 2.39. The fraction of sp³-hybridized carbons (Fsp3) is 0.714. The van der Waals surface area contributed by atoms with Crippen LogP contribution >= 0.6 is 11.3 Å². The number of ether oxygens (including phenoxy) is 1. The van der Waals surface area contributed by atoms with Crippen LogP contribution in [0.2, 0.25) is 0 Å². The molecule has 1 atom stereocenters. The first-order valence-electron chi connectivity index (χ1n) is 6.99. The van der Waals surface area contributed by atoms with Crippen molar-refractivity contribution >= 4 is 22.4 Å². The van der Waals surface area contributed by atoms with Crippen LogP contribution in [0.15, 0.2) is 0 Å². The predicted octanol–water partition coefficient (Wildman–Crippen LogP) is 2.37. The van der Waals surface area contributed by atoms with Crippen molar-refractivity contribution < 1.29 is 14.6 Å². The summed E-state index contributed by atoms with van der Waals surface area (Å²) in [5.74, 6) is -0.646. The Bertz CT molecular complexity index is 473. The van der Waals surface area contributed by atoms with E-state index < -0.39 is 11.9 Å². The number of carboxylic acid groups (broad SMARTS) is 1. The van der Waals surface area contributed by atoms with Crippen LogP contribution in [0.4, 0.5) is 5.13 Å². The van der Waals surface area contributed by atoms with Crippen molar-refractivity contribution in [2.45, 2.75) is 32.6 Å². The molecule has 0 radical (unpaired) electrons. The van der Waals surface area contributed by atoms with Gasteiger partial charge in [-0.05, 0) is 18.8 Å². The lowest BCUT2D eigenvalue weighted by molar-refractivity contribution is -0.138. The van der Waals surface area contributed by atoms with Gasteiger partial charge >= 0.3 is 5.97 Å². The Morgan fingerprint density at radius 2 is 2.35 bits per heavy atom. The molecule has 0 spiro atoms. The number of thiazole rings is 1. The highest BCUT2D eigenvalue weighted by atomic mass is 32.1. The van der Waals surface area contributed by atoms with Gasteiger partial charge in [0.15, 0.2) is 5.13 Å². The van der Waals surface area contributed by atoms with Crippen LogP contribution in [0.5, 0.6) is 0 Å². The minimum absolute atomic E-state index is 0.418. The second-order valence-corrected chi connectivity index (χ2v) is 6.63. The SMILES string of the molecule is COCCN(CC(C)C)c1nc2c(s1)CCC2C(=O)O. The van der Waals surface area contributed by atoms with E-state index in [9.17, 15) is 9.90 Å². The molecule has 6 heteroatoms. The number of aliphatic carboxylic acids is 1. The van der Waals surface area contributed by atoms with Crippen molar-refractivity contribution in [1.82, 2.24) is 4.98 Å². The molecule has 0 aliphatic heterocycles. The molecule has 1 unspecified atom stereocenters. The largest absolute Gasteiger partial charge is 0.481 e. The van der Waals surface area contributed by atoms with Crippen LogP contribution in [-0.4, -0.2) is 42.9 Å². The van der Waals surface area contributed by atoms with Gasteiger partial charge in [-0.3, -0.25) is 4.79 Å². The molecule has 2 rings (SSSR count). The van der Waals surface area contributed by atoms with Crippen molar-refractivity contribution in [2.24, 2.45) is 5.92 Å². The Morgan fingerprint density at radius 1 is 1.60 bits per heavy atom. The standard InChI is InChI=1S/C14H22N2O3S/c1-9(2)8-16(6-7-19-3)14-15-12-10(13(17)18)4-5-11(12)20-14/h9-10H,4-8H2,1-3H3,(H,17,18). The number of hydrogen-bond donors (Lipinski definition) is 1. The molecule has 0 aromatic carbocycles. The Morgan fingerprint density at radius 3 is 2.95 bits per heavy atom. The van der Waals surface area contributed by atoms with Crippen molar-refractivity contribution in [2.75, 3.05) is 31.7 Å². The van der Waals surface area contributed by atoms with Gasteiger partial charge in [-0.25, -0.2) is 4.98 Å². The minimum Gasteiger partial charge on any atom is -0.481 e. The topological polar surface area (TPSA) is 62.7 Å². The second-order valence-electron chi connectivity index (χ2n) is 5.57. The van der Waals surface area contributed by atoms with Gasteiger partial charge in [-0.1, -0.05) is 13.8 Å². The first kappa shape index (κ1) is 15.3. The van der Waals surface area contributed by atoms with E-state index in [2.05, 4.69) is 23.7 Å². The van der Waals surface area contributed by atoms with Gasteiger partial charge in [0.25, 0.3) is 0 Å². The number of rotatable bonds is 7. The van der Waals surface area contributed by atoms with Crippen LogP contribution in [0.3, 0.4) is 0 Å². The average Bonchev–Trinajstić information content (AvgIpc) is 2.92. The van der Waals surface area contributed by atoms with E-state index in [1.54, 1.807) is 18.4 Å². The van der Waals surface area contributed by atoms with Gasteiger partial charge in [-0.15, -0.1) is 11.3 Å². The zero-order valence-electron chi connectivity index (χ0n) is 12.3. The summed E-state index contributed by atoms with van der Waals surface area (Å²) in [6.07, 6.45) is 1.52. The van der Waals surface area contributed by atoms with Gasteiger partial charge in [0.05, 0.1) is 12.3 Å². The van der Waals surface area contributed by atoms with Crippen LogP contribution in [0, 0.1) is 5.92 Å². The molecule has 20 heavy (non-hydrogen) atoms.